The van der Waals surface area contributed by atoms with Crippen molar-refractivity contribution in [2.45, 2.75) is 39.5 Å². The second kappa shape index (κ2) is 6.27. The molecule has 1 N–H and O–H groups in total. The summed E-state index contributed by atoms with van der Waals surface area (Å²) in [6, 6.07) is 15.2. The Morgan fingerprint density at radius 2 is 1.91 bits per heavy atom. The fourth-order valence-electron chi connectivity index (χ4n) is 3.65. The molecule has 0 spiro atoms. The van der Waals surface area contributed by atoms with Crippen LogP contribution in [0.2, 0.25) is 0 Å². The molecule has 2 heteroatoms. The summed E-state index contributed by atoms with van der Waals surface area (Å²) < 4.78 is 5.49. The van der Waals surface area contributed by atoms with Gasteiger partial charge in [0.15, 0.2) is 0 Å². The number of ether oxygens (including phenoxy) is 1. The molecule has 1 unspecified atom stereocenters. The third kappa shape index (κ3) is 3.36. The Labute approximate surface area is 139 Å². The molecule has 0 aromatic heterocycles. The van der Waals surface area contributed by atoms with E-state index in [2.05, 4.69) is 56.4 Å². The minimum Gasteiger partial charge on any atom is -0.496 e. The predicted molar refractivity (Wildman–Crippen MR) is 97.5 cm³/mol. The molecule has 0 saturated heterocycles. The van der Waals surface area contributed by atoms with Crippen molar-refractivity contribution in [3.8, 4) is 5.75 Å². The first-order valence-corrected chi connectivity index (χ1v) is 8.47. The van der Waals surface area contributed by atoms with Gasteiger partial charge in [-0.15, -0.1) is 0 Å². The van der Waals surface area contributed by atoms with Crippen molar-refractivity contribution in [2.24, 2.45) is 5.41 Å². The molecule has 23 heavy (non-hydrogen) atoms. The molecule has 0 saturated carbocycles. The van der Waals surface area contributed by atoms with Gasteiger partial charge in [0, 0.05) is 18.7 Å². The van der Waals surface area contributed by atoms with Crippen LogP contribution in [-0.4, -0.2) is 13.7 Å². The molecule has 0 aliphatic carbocycles. The molecule has 122 valence electrons. The van der Waals surface area contributed by atoms with E-state index in [9.17, 15) is 0 Å². The number of hydrogen-bond donors (Lipinski definition) is 1. The number of methoxy groups -OCH3 is 1. The number of anilines is 1. The van der Waals surface area contributed by atoms with Crippen molar-refractivity contribution in [2.75, 3.05) is 19.0 Å². The third-order valence-corrected chi connectivity index (χ3v) is 4.87. The zero-order chi connectivity index (χ0) is 16.4. The number of fused-ring (bicyclic) bond motifs is 1. The van der Waals surface area contributed by atoms with Crippen LogP contribution in [0.5, 0.6) is 5.75 Å². The molecule has 1 atom stereocenters. The summed E-state index contributed by atoms with van der Waals surface area (Å²) in [5.74, 6) is 1.58. The highest BCUT2D eigenvalue weighted by Gasteiger charge is 2.30. The fourth-order valence-corrected chi connectivity index (χ4v) is 3.65. The summed E-state index contributed by atoms with van der Waals surface area (Å²) in [4.78, 5) is 0. The van der Waals surface area contributed by atoms with Crippen molar-refractivity contribution in [3.63, 3.8) is 0 Å². The second-order valence-corrected chi connectivity index (χ2v) is 7.54. The molecule has 3 rings (SSSR count). The van der Waals surface area contributed by atoms with Gasteiger partial charge in [0.25, 0.3) is 0 Å². The Hall–Kier alpha value is -1.96. The largest absolute Gasteiger partial charge is 0.496 e. The molecule has 1 aliphatic rings. The van der Waals surface area contributed by atoms with Crippen molar-refractivity contribution in [1.82, 2.24) is 0 Å². The zero-order valence-electron chi connectivity index (χ0n) is 14.6. The van der Waals surface area contributed by atoms with Crippen LogP contribution < -0.4 is 10.1 Å². The van der Waals surface area contributed by atoms with Gasteiger partial charge < -0.3 is 10.1 Å². The quantitative estimate of drug-likeness (QED) is 0.838. The zero-order valence-corrected chi connectivity index (χ0v) is 14.6. The average Bonchev–Trinajstić information content (AvgIpc) is 2.54. The highest BCUT2D eigenvalue weighted by Crippen LogP contribution is 2.43. The van der Waals surface area contributed by atoms with Crippen LogP contribution in [0.1, 0.15) is 49.8 Å². The number of benzene rings is 2. The predicted octanol–water partition coefficient (Wildman–Crippen LogP) is 5.23. The smallest absolute Gasteiger partial charge is 0.122 e. The van der Waals surface area contributed by atoms with Gasteiger partial charge in [-0.2, -0.15) is 0 Å². The number of para-hydroxylation sites is 1. The van der Waals surface area contributed by atoms with E-state index in [4.69, 9.17) is 4.74 Å². The minimum atomic E-state index is 0.292. The molecular formula is C21H27NO. The van der Waals surface area contributed by atoms with E-state index in [0.29, 0.717) is 11.3 Å². The summed E-state index contributed by atoms with van der Waals surface area (Å²) in [6.45, 7) is 8.11. The molecule has 2 nitrogen and oxygen atoms in total. The Morgan fingerprint density at radius 3 is 2.65 bits per heavy atom. The van der Waals surface area contributed by atoms with Gasteiger partial charge in [-0.05, 0) is 46.6 Å². The lowest BCUT2D eigenvalue weighted by Gasteiger charge is -2.36. The molecule has 2 aromatic rings. The van der Waals surface area contributed by atoms with E-state index >= 15 is 0 Å². The summed E-state index contributed by atoms with van der Waals surface area (Å²) >= 11 is 0. The first kappa shape index (κ1) is 15.9. The molecule has 2 aromatic carbocycles. The molecule has 0 amide bonds. The lowest BCUT2D eigenvalue weighted by atomic mass is 9.72. The van der Waals surface area contributed by atoms with Crippen LogP contribution in [-0.2, 0) is 6.42 Å². The lowest BCUT2D eigenvalue weighted by molar-refractivity contribution is 0.305. The van der Waals surface area contributed by atoms with Gasteiger partial charge in [-0.25, -0.2) is 0 Å². The monoisotopic (exact) mass is 309 g/mol. The maximum atomic E-state index is 5.49. The maximum absolute atomic E-state index is 5.49. The van der Waals surface area contributed by atoms with Crippen LogP contribution in [0.3, 0.4) is 0 Å². The van der Waals surface area contributed by atoms with Crippen molar-refractivity contribution < 1.29 is 4.74 Å². The summed E-state index contributed by atoms with van der Waals surface area (Å²) in [5, 5.41) is 3.55. The van der Waals surface area contributed by atoms with E-state index in [0.717, 1.165) is 18.7 Å². The molecular weight excluding hydrogens is 282 g/mol. The SMILES string of the molecule is COc1ccccc1Cc1ccc2c(c1)C(C(C)(C)C)CCN2. The average molecular weight is 309 g/mol. The molecule has 0 bridgehead atoms. The summed E-state index contributed by atoms with van der Waals surface area (Å²) in [6.07, 6.45) is 2.11. The Balaban J connectivity index is 1.94. The van der Waals surface area contributed by atoms with Gasteiger partial charge in [0.2, 0.25) is 0 Å². The van der Waals surface area contributed by atoms with Crippen LogP contribution in [0.4, 0.5) is 5.69 Å². The van der Waals surface area contributed by atoms with Crippen molar-refractivity contribution in [1.29, 1.82) is 0 Å². The topological polar surface area (TPSA) is 21.3 Å². The Bertz CT molecular complexity index is 684. The van der Waals surface area contributed by atoms with E-state index in [1.807, 2.05) is 12.1 Å². The molecule has 0 radical (unpaired) electrons. The van der Waals surface area contributed by atoms with Crippen LogP contribution in [0.15, 0.2) is 42.5 Å². The van der Waals surface area contributed by atoms with E-state index < -0.39 is 0 Å². The lowest BCUT2D eigenvalue weighted by Crippen LogP contribution is -2.26. The highest BCUT2D eigenvalue weighted by atomic mass is 16.5. The Morgan fingerprint density at radius 1 is 1.13 bits per heavy atom. The van der Waals surface area contributed by atoms with Crippen molar-refractivity contribution >= 4 is 5.69 Å². The van der Waals surface area contributed by atoms with Gasteiger partial charge in [-0.3, -0.25) is 0 Å². The molecule has 1 heterocycles. The molecule has 0 fully saturated rings. The number of hydrogen-bond acceptors (Lipinski definition) is 2. The van der Waals surface area contributed by atoms with E-state index in [1.54, 1.807) is 7.11 Å². The summed E-state index contributed by atoms with van der Waals surface area (Å²) in [7, 11) is 1.74. The summed E-state index contributed by atoms with van der Waals surface area (Å²) in [5.41, 5.74) is 5.66. The standard InChI is InChI=1S/C21H27NO/c1-21(2,3)18-11-12-22-19-10-9-15(14-17(18)19)13-16-7-5-6-8-20(16)23-4/h5-10,14,18,22H,11-13H2,1-4H3. The van der Waals surface area contributed by atoms with E-state index in [1.165, 1.54) is 28.8 Å². The van der Waals surface area contributed by atoms with Crippen molar-refractivity contribution in [3.05, 3.63) is 59.2 Å². The number of rotatable bonds is 3. The fraction of sp³-hybridized carbons (Fsp3) is 0.429. The van der Waals surface area contributed by atoms with Gasteiger partial charge in [0.05, 0.1) is 7.11 Å². The second-order valence-electron chi connectivity index (χ2n) is 7.54. The number of nitrogens with one attached hydrogen (secondary N) is 1. The first-order valence-electron chi connectivity index (χ1n) is 8.47. The van der Waals surface area contributed by atoms with Crippen LogP contribution in [0.25, 0.3) is 0 Å². The first-order chi connectivity index (χ1) is 11.0. The minimum absolute atomic E-state index is 0.292. The highest BCUT2D eigenvalue weighted by molar-refractivity contribution is 5.57. The Kier molecular flexibility index (Phi) is 4.34. The third-order valence-electron chi connectivity index (χ3n) is 4.87. The van der Waals surface area contributed by atoms with E-state index in [-0.39, 0.29) is 0 Å². The van der Waals surface area contributed by atoms with Gasteiger partial charge in [-0.1, -0.05) is 51.1 Å². The van der Waals surface area contributed by atoms with Gasteiger partial charge >= 0.3 is 0 Å². The van der Waals surface area contributed by atoms with Crippen LogP contribution >= 0.6 is 0 Å². The molecule has 1 aliphatic heterocycles. The van der Waals surface area contributed by atoms with Gasteiger partial charge in [0.1, 0.15) is 5.75 Å². The normalized spacial score (nSPS) is 17.3. The maximum Gasteiger partial charge on any atom is 0.122 e. The van der Waals surface area contributed by atoms with Crippen LogP contribution in [0, 0.1) is 5.41 Å².